The van der Waals surface area contributed by atoms with Crippen molar-refractivity contribution in [3.05, 3.63) is 52.4 Å². The lowest BCUT2D eigenvalue weighted by Gasteiger charge is -2.39. The number of pyridine rings is 1. The minimum absolute atomic E-state index is 0.129. The summed E-state index contributed by atoms with van der Waals surface area (Å²) in [7, 11) is 1.72. The molecule has 2 fully saturated rings. The van der Waals surface area contributed by atoms with Crippen LogP contribution in [-0.4, -0.2) is 76.3 Å². The lowest BCUT2D eigenvalue weighted by Crippen LogP contribution is -2.52. The molecule has 1 unspecified atom stereocenters. The molecule has 1 aromatic carbocycles. The third kappa shape index (κ3) is 4.26. The van der Waals surface area contributed by atoms with Crippen molar-refractivity contribution in [2.45, 2.75) is 19.4 Å². The number of amides is 1. The number of piperazine rings is 1. The van der Waals surface area contributed by atoms with Crippen molar-refractivity contribution >= 4 is 22.9 Å². The molecule has 10 heteroatoms. The third-order valence-electron chi connectivity index (χ3n) is 7.40. The molecule has 0 aliphatic carbocycles. The molecular weight excluding hydrogens is 460 g/mol. The highest BCUT2D eigenvalue weighted by molar-refractivity contribution is 5.80. The van der Waals surface area contributed by atoms with Crippen LogP contribution >= 0.6 is 0 Å². The third-order valence-corrected chi connectivity index (χ3v) is 7.40. The number of piperidine rings is 1. The fourth-order valence-electron chi connectivity index (χ4n) is 5.40. The number of hydrogen-bond donors (Lipinski definition) is 0. The lowest BCUT2D eigenvalue weighted by molar-refractivity contribution is -0.137. The van der Waals surface area contributed by atoms with E-state index in [2.05, 4.69) is 20.9 Å². The summed E-state index contributed by atoms with van der Waals surface area (Å²) in [6.07, 6.45) is 3.35. The van der Waals surface area contributed by atoms with E-state index in [9.17, 15) is 9.59 Å². The van der Waals surface area contributed by atoms with E-state index in [4.69, 9.17) is 9.47 Å². The van der Waals surface area contributed by atoms with Crippen molar-refractivity contribution in [2.75, 3.05) is 51.0 Å². The second kappa shape index (κ2) is 9.42. The van der Waals surface area contributed by atoms with Gasteiger partial charge in [-0.15, -0.1) is 0 Å². The molecule has 0 bridgehead atoms. The molecular formula is C26H30N6O4. The van der Waals surface area contributed by atoms with Gasteiger partial charge in [-0.3, -0.25) is 19.1 Å². The number of nitrogens with zero attached hydrogens (tertiary/aromatic N) is 6. The normalized spacial score (nSPS) is 20.2. The molecule has 6 rings (SSSR count). The standard InChI is InChI=1S/C26H30N6O4/c1-29-23-20(5-2-8-27-23)28-24(26(29)34)32-9-3-4-19(16-32)25(33)31-12-10-30(11-13-31)15-18-6-7-21-22(14-18)36-17-35-21/h2,5-8,14,19H,3-4,9-13,15-17H2,1H3. The van der Waals surface area contributed by atoms with Crippen molar-refractivity contribution in [1.29, 1.82) is 0 Å². The second-order valence-electron chi connectivity index (χ2n) is 9.72. The average Bonchev–Trinajstić information content (AvgIpc) is 3.39. The van der Waals surface area contributed by atoms with Crippen LogP contribution in [0.25, 0.3) is 11.2 Å². The van der Waals surface area contributed by atoms with E-state index in [1.54, 1.807) is 17.8 Å². The number of anilines is 1. The Kier molecular flexibility index (Phi) is 5.96. The molecule has 1 amide bonds. The Morgan fingerprint density at radius 3 is 2.78 bits per heavy atom. The van der Waals surface area contributed by atoms with Gasteiger partial charge in [0.2, 0.25) is 12.7 Å². The number of ether oxygens (including phenoxy) is 2. The van der Waals surface area contributed by atoms with Crippen LogP contribution in [0.1, 0.15) is 18.4 Å². The van der Waals surface area contributed by atoms with Crippen molar-refractivity contribution in [3.63, 3.8) is 0 Å². The number of aryl methyl sites for hydroxylation is 1. The summed E-state index contributed by atoms with van der Waals surface area (Å²) in [5, 5.41) is 0. The van der Waals surface area contributed by atoms with Crippen molar-refractivity contribution < 1.29 is 14.3 Å². The quantitative estimate of drug-likeness (QED) is 0.545. The summed E-state index contributed by atoms with van der Waals surface area (Å²) in [5.41, 5.74) is 2.25. The topological polar surface area (TPSA) is 93.0 Å². The van der Waals surface area contributed by atoms with Crippen molar-refractivity contribution in [2.24, 2.45) is 13.0 Å². The number of aromatic nitrogens is 3. The van der Waals surface area contributed by atoms with E-state index in [0.717, 1.165) is 50.5 Å². The van der Waals surface area contributed by atoms with E-state index in [0.29, 0.717) is 36.6 Å². The minimum Gasteiger partial charge on any atom is -0.454 e. The van der Waals surface area contributed by atoms with Gasteiger partial charge in [0, 0.05) is 59.1 Å². The molecule has 0 saturated carbocycles. The summed E-state index contributed by atoms with van der Waals surface area (Å²) >= 11 is 0. The smallest absolute Gasteiger partial charge is 0.294 e. The fourth-order valence-corrected chi connectivity index (χ4v) is 5.40. The molecule has 3 aromatic rings. The maximum Gasteiger partial charge on any atom is 0.294 e. The molecule has 5 heterocycles. The van der Waals surface area contributed by atoms with Gasteiger partial charge >= 0.3 is 0 Å². The van der Waals surface area contributed by atoms with E-state index in [1.165, 1.54) is 5.56 Å². The summed E-state index contributed by atoms with van der Waals surface area (Å²) < 4.78 is 12.4. The van der Waals surface area contributed by atoms with E-state index < -0.39 is 0 Å². The number of benzene rings is 1. The van der Waals surface area contributed by atoms with Crippen LogP contribution in [0, 0.1) is 5.92 Å². The van der Waals surface area contributed by atoms with Crippen LogP contribution in [0.5, 0.6) is 11.5 Å². The van der Waals surface area contributed by atoms with Gasteiger partial charge in [0.1, 0.15) is 5.52 Å². The Balaban J connectivity index is 1.09. The summed E-state index contributed by atoms with van der Waals surface area (Å²) in [4.78, 5) is 41.7. The summed E-state index contributed by atoms with van der Waals surface area (Å²) in [5.74, 6) is 2.06. The number of carbonyl (C=O) groups excluding carboxylic acids is 1. The molecule has 1 atom stereocenters. The van der Waals surface area contributed by atoms with E-state index >= 15 is 0 Å². The van der Waals surface area contributed by atoms with Gasteiger partial charge in [0.05, 0.1) is 5.92 Å². The van der Waals surface area contributed by atoms with Crippen LogP contribution in [0.15, 0.2) is 41.3 Å². The number of carbonyl (C=O) groups is 1. The SMILES string of the molecule is Cn1c(=O)c(N2CCCC(C(=O)N3CCN(Cc4ccc5c(c4)OCO5)CC3)C2)nc2cccnc21. The largest absolute Gasteiger partial charge is 0.454 e. The van der Waals surface area contributed by atoms with Gasteiger partial charge in [0.25, 0.3) is 5.56 Å². The van der Waals surface area contributed by atoms with Gasteiger partial charge in [-0.2, -0.15) is 0 Å². The highest BCUT2D eigenvalue weighted by Gasteiger charge is 2.32. The zero-order valence-corrected chi connectivity index (χ0v) is 20.4. The highest BCUT2D eigenvalue weighted by atomic mass is 16.7. The van der Waals surface area contributed by atoms with Crippen molar-refractivity contribution in [1.82, 2.24) is 24.3 Å². The second-order valence-corrected chi connectivity index (χ2v) is 9.72. The molecule has 36 heavy (non-hydrogen) atoms. The molecule has 2 saturated heterocycles. The lowest BCUT2D eigenvalue weighted by atomic mass is 9.96. The Hall–Kier alpha value is -3.66. The molecule has 3 aliphatic heterocycles. The van der Waals surface area contributed by atoms with E-state index in [1.807, 2.05) is 34.1 Å². The first kappa shape index (κ1) is 22.8. The number of fused-ring (bicyclic) bond motifs is 2. The Morgan fingerprint density at radius 2 is 1.92 bits per heavy atom. The first-order chi connectivity index (χ1) is 17.6. The van der Waals surface area contributed by atoms with Gasteiger partial charge in [-0.1, -0.05) is 6.07 Å². The predicted octanol–water partition coefficient (Wildman–Crippen LogP) is 1.62. The van der Waals surface area contributed by atoms with Crippen LogP contribution in [0.2, 0.25) is 0 Å². The molecule has 0 radical (unpaired) electrons. The van der Waals surface area contributed by atoms with Gasteiger partial charge < -0.3 is 19.3 Å². The van der Waals surface area contributed by atoms with Crippen LogP contribution in [-0.2, 0) is 18.4 Å². The highest BCUT2D eigenvalue weighted by Crippen LogP contribution is 2.33. The first-order valence-electron chi connectivity index (χ1n) is 12.5. The van der Waals surface area contributed by atoms with E-state index in [-0.39, 0.29) is 24.2 Å². The van der Waals surface area contributed by atoms with Gasteiger partial charge in [-0.25, -0.2) is 9.97 Å². The minimum atomic E-state index is -0.175. The Bertz CT molecular complexity index is 1350. The number of rotatable bonds is 4. The summed E-state index contributed by atoms with van der Waals surface area (Å²) in [6, 6.07) is 9.75. The molecule has 188 valence electrons. The van der Waals surface area contributed by atoms with Crippen LogP contribution in [0.4, 0.5) is 5.82 Å². The average molecular weight is 491 g/mol. The first-order valence-corrected chi connectivity index (χ1v) is 12.5. The fraction of sp³-hybridized carbons (Fsp3) is 0.462. The molecule has 3 aliphatic rings. The van der Waals surface area contributed by atoms with Crippen molar-refractivity contribution in [3.8, 4) is 11.5 Å². The van der Waals surface area contributed by atoms with Gasteiger partial charge in [0.15, 0.2) is 23.0 Å². The Labute approximate surface area is 209 Å². The maximum atomic E-state index is 13.4. The molecule has 10 nitrogen and oxygen atoms in total. The maximum absolute atomic E-state index is 13.4. The number of hydrogen-bond acceptors (Lipinski definition) is 8. The molecule has 0 N–H and O–H groups in total. The van der Waals surface area contributed by atoms with Gasteiger partial charge in [-0.05, 0) is 42.7 Å². The Morgan fingerprint density at radius 1 is 1.08 bits per heavy atom. The molecule has 0 spiro atoms. The monoisotopic (exact) mass is 490 g/mol. The predicted molar refractivity (Wildman–Crippen MR) is 134 cm³/mol. The van der Waals surface area contributed by atoms with Crippen LogP contribution < -0.4 is 19.9 Å². The summed E-state index contributed by atoms with van der Waals surface area (Å²) in [6.45, 7) is 5.42. The molecule has 2 aromatic heterocycles. The zero-order chi connectivity index (χ0) is 24.6. The van der Waals surface area contributed by atoms with Crippen LogP contribution in [0.3, 0.4) is 0 Å². The zero-order valence-electron chi connectivity index (χ0n) is 20.4.